The fraction of sp³-hybridized carbons (Fsp3) is 0.158. The number of hydrogen-bond acceptors (Lipinski definition) is 6. The molecule has 0 atom stereocenters. The molecule has 2 aromatic rings. The zero-order valence-corrected chi connectivity index (χ0v) is 14.4. The second-order valence-corrected chi connectivity index (χ2v) is 6.66. The van der Waals surface area contributed by atoms with Crippen molar-refractivity contribution in [2.45, 2.75) is 19.4 Å². The van der Waals surface area contributed by atoms with Crippen molar-refractivity contribution in [2.24, 2.45) is 0 Å². The van der Waals surface area contributed by atoms with Gasteiger partial charge in [-0.05, 0) is 32.0 Å². The normalized spacial score (nSPS) is 13.0. The average Bonchev–Trinajstić information content (AvgIpc) is 2.58. The maximum Gasteiger partial charge on any atom is 0.328 e. The average molecular weight is 369 g/mol. The Morgan fingerprint density at radius 3 is 2.19 bits per heavy atom. The number of aliphatic carboxylic acids is 1. The van der Waals surface area contributed by atoms with E-state index in [0.717, 1.165) is 12.1 Å². The van der Waals surface area contributed by atoms with Crippen LogP contribution in [0.3, 0.4) is 0 Å². The summed E-state index contributed by atoms with van der Waals surface area (Å²) in [6, 6.07) is 6.10. The summed E-state index contributed by atoms with van der Waals surface area (Å²) < 4.78 is 0. The number of hydrogen-bond donors (Lipinski definition) is 4. The van der Waals surface area contributed by atoms with Crippen molar-refractivity contribution in [3.63, 3.8) is 0 Å². The number of aromatic hydroxyl groups is 2. The molecule has 1 aliphatic carbocycles. The zero-order valence-electron chi connectivity index (χ0n) is 14.4. The monoisotopic (exact) mass is 369 g/mol. The van der Waals surface area contributed by atoms with E-state index < -0.39 is 34.7 Å². The van der Waals surface area contributed by atoms with E-state index in [1.807, 2.05) is 0 Å². The number of carbonyl (C=O) groups is 4. The molecule has 27 heavy (non-hydrogen) atoms. The van der Waals surface area contributed by atoms with Gasteiger partial charge >= 0.3 is 5.97 Å². The third kappa shape index (κ3) is 2.80. The van der Waals surface area contributed by atoms with Crippen LogP contribution in [0.5, 0.6) is 11.5 Å². The Morgan fingerprint density at radius 1 is 0.926 bits per heavy atom. The Bertz CT molecular complexity index is 1040. The molecule has 0 saturated carbocycles. The van der Waals surface area contributed by atoms with Crippen molar-refractivity contribution in [3.8, 4) is 11.5 Å². The SMILES string of the molecule is CC(C)(NC(=O)c1cc(O)c2c(c1)C(=O)c1cccc(O)c1C2=O)C(=O)O. The molecule has 0 aliphatic heterocycles. The van der Waals surface area contributed by atoms with Gasteiger partial charge in [0.05, 0.1) is 11.1 Å². The molecular weight excluding hydrogens is 354 g/mol. The van der Waals surface area contributed by atoms with Crippen LogP contribution in [-0.2, 0) is 4.79 Å². The Labute approximate surface area is 153 Å². The van der Waals surface area contributed by atoms with Crippen LogP contribution in [-0.4, -0.2) is 44.3 Å². The second kappa shape index (κ2) is 5.94. The van der Waals surface area contributed by atoms with Crippen molar-refractivity contribution < 1.29 is 34.5 Å². The molecule has 8 heteroatoms. The first-order chi connectivity index (χ1) is 12.5. The lowest BCUT2D eigenvalue weighted by Crippen LogP contribution is -2.49. The van der Waals surface area contributed by atoms with Crippen LogP contribution in [0.4, 0.5) is 0 Å². The molecule has 0 fully saturated rings. The van der Waals surface area contributed by atoms with Crippen molar-refractivity contribution >= 4 is 23.4 Å². The third-order valence-electron chi connectivity index (χ3n) is 4.33. The highest BCUT2D eigenvalue weighted by molar-refractivity contribution is 6.30. The molecule has 4 N–H and O–H groups in total. The molecule has 0 bridgehead atoms. The molecule has 3 rings (SSSR count). The first-order valence-corrected chi connectivity index (χ1v) is 7.89. The van der Waals surface area contributed by atoms with Crippen LogP contribution in [0.15, 0.2) is 30.3 Å². The summed E-state index contributed by atoms with van der Waals surface area (Å²) in [6.45, 7) is 2.55. The number of rotatable bonds is 3. The highest BCUT2D eigenvalue weighted by Gasteiger charge is 2.36. The number of phenolic OH excluding ortho intramolecular Hbond substituents is 2. The molecule has 1 amide bonds. The molecule has 2 aromatic carbocycles. The molecule has 0 aromatic heterocycles. The molecule has 0 saturated heterocycles. The van der Waals surface area contributed by atoms with Crippen molar-refractivity contribution in [2.75, 3.05) is 0 Å². The molecule has 8 nitrogen and oxygen atoms in total. The third-order valence-corrected chi connectivity index (χ3v) is 4.33. The van der Waals surface area contributed by atoms with Crippen LogP contribution >= 0.6 is 0 Å². The minimum atomic E-state index is -1.58. The summed E-state index contributed by atoms with van der Waals surface area (Å²) in [5.74, 6) is -4.49. The Hall–Kier alpha value is -3.68. The smallest absolute Gasteiger partial charge is 0.328 e. The lowest BCUT2D eigenvalue weighted by atomic mass is 9.82. The first-order valence-electron chi connectivity index (χ1n) is 7.89. The summed E-state index contributed by atoms with van der Waals surface area (Å²) in [5.41, 5.74) is -2.53. The molecular formula is C19H15NO7. The van der Waals surface area contributed by atoms with Gasteiger partial charge in [0, 0.05) is 16.7 Å². The number of fused-ring (bicyclic) bond motifs is 2. The fourth-order valence-electron chi connectivity index (χ4n) is 2.82. The molecule has 0 heterocycles. The van der Waals surface area contributed by atoms with Gasteiger partial charge in [-0.2, -0.15) is 0 Å². The summed E-state index contributed by atoms with van der Waals surface area (Å²) in [6.07, 6.45) is 0. The number of nitrogens with one attached hydrogen (secondary N) is 1. The summed E-state index contributed by atoms with van der Waals surface area (Å²) in [4.78, 5) is 48.9. The van der Waals surface area contributed by atoms with Gasteiger partial charge in [-0.3, -0.25) is 14.4 Å². The van der Waals surface area contributed by atoms with E-state index in [9.17, 15) is 29.4 Å². The Kier molecular flexibility index (Phi) is 3.99. The van der Waals surface area contributed by atoms with Crippen molar-refractivity contribution in [1.82, 2.24) is 5.32 Å². The van der Waals surface area contributed by atoms with Gasteiger partial charge in [0.15, 0.2) is 5.78 Å². The van der Waals surface area contributed by atoms with Gasteiger partial charge in [0.1, 0.15) is 17.0 Å². The number of phenols is 2. The topological polar surface area (TPSA) is 141 Å². The second-order valence-electron chi connectivity index (χ2n) is 6.66. The van der Waals surface area contributed by atoms with Crippen LogP contribution in [0.25, 0.3) is 0 Å². The minimum Gasteiger partial charge on any atom is -0.507 e. The summed E-state index contributed by atoms with van der Waals surface area (Å²) in [5, 5.41) is 31.5. The number of carbonyl (C=O) groups excluding carboxylic acids is 3. The number of amides is 1. The number of carboxylic acids is 1. The van der Waals surface area contributed by atoms with E-state index in [1.54, 1.807) is 0 Å². The molecule has 138 valence electrons. The predicted molar refractivity (Wildman–Crippen MR) is 92.3 cm³/mol. The van der Waals surface area contributed by atoms with Crippen LogP contribution in [0.1, 0.15) is 56.0 Å². The quantitative estimate of drug-likeness (QED) is 0.548. The van der Waals surface area contributed by atoms with E-state index in [2.05, 4.69) is 5.32 Å². The van der Waals surface area contributed by atoms with Crippen LogP contribution in [0.2, 0.25) is 0 Å². The summed E-state index contributed by atoms with van der Waals surface area (Å²) >= 11 is 0. The van der Waals surface area contributed by atoms with Gasteiger partial charge in [0.25, 0.3) is 5.91 Å². The lowest BCUT2D eigenvalue weighted by molar-refractivity contribution is -0.143. The van der Waals surface area contributed by atoms with E-state index in [-0.39, 0.29) is 33.6 Å². The number of ketones is 2. The highest BCUT2D eigenvalue weighted by Crippen LogP contribution is 2.37. The molecule has 0 radical (unpaired) electrons. The Morgan fingerprint density at radius 2 is 1.56 bits per heavy atom. The minimum absolute atomic E-state index is 0.0460. The van der Waals surface area contributed by atoms with Crippen molar-refractivity contribution in [3.05, 3.63) is 58.1 Å². The molecule has 1 aliphatic rings. The summed E-state index contributed by atoms with van der Waals surface area (Å²) in [7, 11) is 0. The fourth-order valence-corrected chi connectivity index (χ4v) is 2.82. The van der Waals surface area contributed by atoms with Gasteiger partial charge in [-0.15, -0.1) is 0 Å². The van der Waals surface area contributed by atoms with E-state index >= 15 is 0 Å². The van der Waals surface area contributed by atoms with Gasteiger partial charge < -0.3 is 20.6 Å². The van der Waals surface area contributed by atoms with Crippen LogP contribution < -0.4 is 5.32 Å². The van der Waals surface area contributed by atoms with Gasteiger partial charge in [0.2, 0.25) is 5.78 Å². The lowest BCUT2D eigenvalue weighted by Gasteiger charge is -2.23. The van der Waals surface area contributed by atoms with Crippen LogP contribution in [0, 0.1) is 0 Å². The standard InChI is InChI=1S/C19H15NO7/c1-19(2,18(26)27)20-17(25)8-6-10-14(12(22)7-8)16(24)13-9(15(10)23)4-3-5-11(13)21/h3-7,21-22H,1-2H3,(H,20,25)(H,26,27). The largest absolute Gasteiger partial charge is 0.507 e. The Balaban J connectivity index is 2.11. The number of benzene rings is 2. The molecule has 0 spiro atoms. The zero-order chi connectivity index (χ0) is 20.1. The van der Waals surface area contributed by atoms with E-state index in [4.69, 9.17) is 5.11 Å². The first kappa shape index (κ1) is 18.1. The van der Waals surface area contributed by atoms with Crippen molar-refractivity contribution in [1.29, 1.82) is 0 Å². The predicted octanol–water partition coefficient (Wildman–Crippen LogP) is 1.47. The maximum absolute atomic E-state index is 12.7. The van der Waals surface area contributed by atoms with Gasteiger partial charge in [-0.25, -0.2) is 4.79 Å². The van der Waals surface area contributed by atoms with E-state index in [0.29, 0.717) is 0 Å². The number of carboxylic acid groups (broad SMARTS) is 1. The van der Waals surface area contributed by atoms with Gasteiger partial charge in [-0.1, -0.05) is 12.1 Å². The van der Waals surface area contributed by atoms with E-state index in [1.165, 1.54) is 32.0 Å². The molecule has 0 unspecified atom stereocenters. The maximum atomic E-state index is 12.7. The highest BCUT2D eigenvalue weighted by atomic mass is 16.4.